The number of thiophene rings is 1. The van der Waals surface area contributed by atoms with Gasteiger partial charge in [0.2, 0.25) is 5.91 Å². The van der Waals surface area contributed by atoms with Gasteiger partial charge in [0.1, 0.15) is 6.54 Å². The lowest BCUT2D eigenvalue weighted by Gasteiger charge is -2.08. The van der Waals surface area contributed by atoms with E-state index in [1.807, 2.05) is 48.7 Å². The summed E-state index contributed by atoms with van der Waals surface area (Å²) in [6.45, 7) is 2.68. The van der Waals surface area contributed by atoms with Gasteiger partial charge in [0.25, 0.3) is 0 Å². The third-order valence-electron chi connectivity index (χ3n) is 3.41. The molecular formula is C16H16N4OS2. The summed E-state index contributed by atoms with van der Waals surface area (Å²) in [5, 5.41) is 11.8. The van der Waals surface area contributed by atoms with Crippen molar-refractivity contribution in [3.63, 3.8) is 0 Å². The van der Waals surface area contributed by atoms with E-state index in [1.165, 1.54) is 5.56 Å². The van der Waals surface area contributed by atoms with Crippen molar-refractivity contribution in [2.24, 2.45) is 0 Å². The summed E-state index contributed by atoms with van der Waals surface area (Å²) in [6, 6.07) is 12.0. The molecule has 0 unspecified atom stereocenters. The summed E-state index contributed by atoms with van der Waals surface area (Å²) in [6.07, 6.45) is 0. The minimum atomic E-state index is -0.0964. The Morgan fingerprint density at radius 3 is 2.83 bits per heavy atom. The van der Waals surface area contributed by atoms with Gasteiger partial charge in [0, 0.05) is 6.54 Å². The number of carbonyl (C=O) groups excluding carboxylic acids is 1. The maximum absolute atomic E-state index is 12.2. The Bertz CT molecular complexity index is 847. The second-order valence-electron chi connectivity index (χ2n) is 5.18. The molecule has 1 aromatic carbocycles. The average Bonchev–Trinajstić information content (AvgIpc) is 3.18. The molecule has 0 radical (unpaired) electrons. The number of aryl methyl sites for hydroxylation is 1. The van der Waals surface area contributed by atoms with Crippen LogP contribution < -0.4 is 5.32 Å². The van der Waals surface area contributed by atoms with Crippen LogP contribution in [0.15, 0.2) is 41.8 Å². The minimum absolute atomic E-state index is 0.0964. The number of nitrogens with one attached hydrogen (secondary N) is 2. The van der Waals surface area contributed by atoms with E-state index >= 15 is 0 Å². The Kier molecular flexibility index (Phi) is 4.68. The first-order valence-corrected chi connectivity index (χ1v) is 8.43. The highest BCUT2D eigenvalue weighted by molar-refractivity contribution is 7.71. The predicted molar refractivity (Wildman–Crippen MR) is 93.8 cm³/mol. The molecule has 5 nitrogen and oxygen atoms in total. The topological polar surface area (TPSA) is 62.7 Å². The van der Waals surface area contributed by atoms with Crippen LogP contribution in [0.2, 0.25) is 0 Å². The second kappa shape index (κ2) is 6.89. The van der Waals surface area contributed by atoms with Crippen LogP contribution in [-0.4, -0.2) is 20.7 Å². The molecular weight excluding hydrogens is 328 g/mol. The van der Waals surface area contributed by atoms with Crippen molar-refractivity contribution in [3.8, 4) is 10.7 Å². The molecule has 1 amide bonds. The molecule has 0 saturated carbocycles. The van der Waals surface area contributed by atoms with Crippen LogP contribution in [0.25, 0.3) is 10.7 Å². The monoisotopic (exact) mass is 344 g/mol. The van der Waals surface area contributed by atoms with Gasteiger partial charge in [0.15, 0.2) is 10.6 Å². The third kappa shape index (κ3) is 3.75. The average molecular weight is 344 g/mol. The first-order chi connectivity index (χ1) is 11.1. The zero-order valence-electron chi connectivity index (χ0n) is 12.6. The maximum Gasteiger partial charge on any atom is 0.240 e. The van der Waals surface area contributed by atoms with Gasteiger partial charge in [-0.3, -0.25) is 14.5 Å². The molecule has 3 aromatic rings. The smallest absolute Gasteiger partial charge is 0.240 e. The summed E-state index contributed by atoms with van der Waals surface area (Å²) in [4.78, 5) is 13.2. The van der Waals surface area contributed by atoms with Gasteiger partial charge in [-0.15, -0.1) is 11.3 Å². The van der Waals surface area contributed by atoms with Crippen LogP contribution >= 0.6 is 23.6 Å². The lowest BCUT2D eigenvalue weighted by Crippen LogP contribution is -2.27. The van der Waals surface area contributed by atoms with Crippen LogP contribution in [0.3, 0.4) is 0 Å². The fraction of sp³-hybridized carbons (Fsp3) is 0.188. The Morgan fingerprint density at radius 1 is 1.35 bits per heavy atom. The van der Waals surface area contributed by atoms with Crippen molar-refractivity contribution in [2.45, 2.75) is 20.0 Å². The van der Waals surface area contributed by atoms with Gasteiger partial charge in [-0.2, -0.15) is 5.10 Å². The fourth-order valence-electron chi connectivity index (χ4n) is 2.16. The fourth-order valence-corrected chi connectivity index (χ4v) is 3.08. The van der Waals surface area contributed by atoms with E-state index in [9.17, 15) is 4.79 Å². The van der Waals surface area contributed by atoms with Crippen molar-refractivity contribution >= 4 is 29.5 Å². The SMILES string of the molecule is Cc1ccc(CNC(=O)Cn2c(-c3cccs3)n[nH]c2=S)cc1. The predicted octanol–water partition coefficient (Wildman–Crippen LogP) is 3.29. The number of nitrogens with zero attached hydrogens (tertiary/aromatic N) is 2. The quantitative estimate of drug-likeness (QED) is 0.698. The highest BCUT2D eigenvalue weighted by Crippen LogP contribution is 2.22. The molecule has 7 heteroatoms. The molecule has 2 aromatic heterocycles. The number of hydrogen-bond donors (Lipinski definition) is 2. The number of carbonyl (C=O) groups is 1. The summed E-state index contributed by atoms with van der Waals surface area (Å²) >= 11 is 6.79. The molecule has 23 heavy (non-hydrogen) atoms. The number of aromatic nitrogens is 3. The van der Waals surface area contributed by atoms with E-state index in [2.05, 4.69) is 15.5 Å². The zero-order chi connectivity index (χ0) is 16.2. The lowest BCUT2D eigenvalue weighted by atomic mass is 10.1. The summed E-state index contributed by atoms with van der Waals surface area (Å²) < 4.78 is 2.16. The molecule has 0 aliphatic rings. The van der Waals surface area contributed by atoms with Crippen LogP contribution in [0.5, 0.6) is 0 Å². The van der Waals surface area contributed by atoms with Gasteiger partial charge in [-0.25, -0.2) is 0 Å². The summed E-state index contributed by atoms with van der Waals surface area (Å²) in [5.74, 6) is 0.594. The van der Waals surface area contributed by atoms with Gasteiger partial charge >= 0.3 is 0 Å². The number of H-pyrrole nitrogens is 1. The number of rotatable bonds is 5. The Morgan fingerprint density at radius 2 is 2.13 bits per heavy atom. The van der Waals surface area contributed by atoms with Crippen molar-refractivity contribution in [3.05, 3.63) is 57.7 Å². The molecule has 0 aliphatic heterocycles. The van der Waals surface area contributed by atoms with E-state index in [4.69, 9.17) is 12.2 Å². The number of hydrogen-bond acceptors (Lipinski definition) is 4. The van der Waals surface area contributed by atoms with Crippen LogP contribution in [0.4, 0.5) is 0 Å². The van der Waals surface area contributed by atoms with E-state index in [0.717, 1.165) is 10.4 Å². The Labute approximate surface area is 143 Å². The van der Waals surface area contributed by atoms with Crippen LogP contribution in [-0.2, 0) is 17.9 Å². The van der Waals surface area contributed by atoms with Crippen molar-refractivity contribution in [1.82, 2.24) is 20.1 Å². The molecule has 3 rings (SSSR count). The number of aromatic amines is 1. The molecule has 0 spiro atoms. The van der Waals surface area contributed by atoms with E-state index in [1.54, 1.807) is 15.9 Å². The molecule has 0 fully saturated rings. The number of benzene rings is 1. The number of amides is 1. The van der Waals surface area contributed by atoms with Crippen molar-refractivity contribution in [2.75, 3.05) is 0 Å². The first kappa shape index (κ1) is 15.6. The highest BCUT2D eigenvalue weighted by atomic mass is 32.1. The lowest BCUT2D eigenvalue weighted by molar-refractivity contribution is -0.121. The van der Waals surface area contributed by atoms with Gasteiger partial charge in [0.05, 0.1) is 4.88 Å². The zero-order valence-corrected chi connectivity index (χ0v) is 14.2. The Balaban J connectivity index is 1.67. The van der Waals surface area contributed by atoms with Crippen molar-refractivity contribution in [1.29, 1.82) is 0 Å². The summed E-state index contributed by atoms with van der Waals surface area (Å²) in [7, 11) is 0. The van der Waals surface area contributed by atoms with Gasteiger partial charge in [-0.05, 0) is 36.2 Å². The van der Waals surface area contributed by atoms with Gasteiger partial charge in [-0.1, -0.05) is 35.9 Å². The molecule has 0 atom stereocenters. The van der Waals surface area contributed by atoms with E-state index < -0.39 is 0 Å². The summed E-state index contributed by atoms with van der Waals surface area (Å²) in [5.41, 5.74) is 2.27. The molecule has 2 heterocycles. The molecule has 0 saturated heterocycles. The third-order valence-corrected chi connectivity index (χ3v) is 4.59. The highest BCUT2D eigenvalue weighted by Gasteiger charge is 2.12. The molecule has 118 valence electrons. The normalized spacial score (nSPS) is 10.7. The van der Waals surface area contributed by atoms with E-state index in [-0.39, 0.29) is 12.5 Å². The standard InChI is InChI=1S/C16H16N4OS2/c1-11-4-6-12(7-5-11)9-17-14(21)10-20-15(18-19-16(20)22)13-3-2-8-23-13/h2-8H,9-10H2,1H3,(H,17,21)(H,19,22). The minimum Gasteiger partial charge on any atom is -0.350 e. The molecule has 0 aliphatic carbocycles. The first-order valence-electron chi connectivity index (χ1n) is 7.15. The van der Waals surface area contributed by atoms with Crippen molar-refractivity contribution < 1.29 is 4.79 Å². The molecule has 0 bridgehead atoms. The van der Waals surface area contributed by atoms with E-state index in [0.29, 0.717) is 17.1 Å². The van der Waals surface area contributed by atoms with Crippen LogP contribution in [0.1, 0.15) is 11.1 Å². The van der Waals surface area contributed by atoms with Crippen LogP contribution in [0, 0.1) is 11.7 Å². The maximum atomic E-state index is 12.2. The van der Waals surface area contributed by atoms with Gasteiger partial charge < -0.3 is 5.32 Å². The second-order valence-corrected chi connectivity index (χ2v) is 6.51. The Hall–Kier alpha value is -2.25. The molecule has 2 N–H and O–H groups in total. The largest absolute Gasteiger partial charge is 0.350 e.